The summed E-state index contributed by atoms with van der Waals surface area (Å²) in [4.78, 5) is 14.3. The fraction of sp³-hybridized carbons (Fsp3) is 0.375. The molecule has 1 atom stereocenters. The number of aliphatic carboxylic acids is 1. The van der Waals surface area contributed by atoms with Crippen LogP contribution in [0, 0.1) is 13.8 Å². The summed E-state index contributed by atoms with van der Waals surface area (Å²) in [5.74, 6) is -0.975. The highest BCUT2D eigenvalue weighted by Crippen LogP contribution is 2.39. The zero-order valence-corrected chi connectivity index (χ0v) is 17.5. The summed E-state index contributed by atoms with van der Waals surface area (Å²) in [5.41, 5.74) is 6.71. The van der Waals surface area contributed by atoms with Crippen molar-refractivity contribution in [2.75, 3.05) is 7.05 Å². The van der Waals surface area contributed by atoms with Gasteiger partial charge >= 0.3 is 5.97 Å². The van der Waals surface area contributed by atoms with E-state index < -0.39 is 17.7 Å². The molecule has 1 aliphatic rings. The van der Waals surface area contributed by atoms with Crippen molar-refractivity contribution >= 4 is 11.5 Å². The number of carbonyl (C=O) groups is 1. The molecule has 0 bridgehead atoms. The number of carboxylic acid groups (broad SMARTS) is 1. The lowest BCUT2D eigenvalue weighted by atomic mass is 9.86. The van der Waals surface area contributed by atoms with E-state index >= 15 is 0 Å². The average molecular weight is 380 g/mol. The molecule has 0 amide bonds. The van der Waals surface area contributed by atoms with Crippen LogP contribution in [-0.2, 0) is 16.1 Å². The first-order valence-electron chi connectivity index (χ1n) is 9.60. The van der Waals surface area contributed by atoms with Crippen LogP contribution in [0.15, 0.2) is 48.2 Å². The lowest BCUT2D eigenvalue weighted by Gasteiger charge is -2.37. The minimum atomic E-state index is -1.05. The molecule has 0 aliphatic carbocycles. The molecule has 0 fully saturated rings. The van der Waals surface area contributed by atoms with Gasteiger partial charge in [0.1, 0.15) is 0 Å². The van der Waals surface area contributed by atoms with E-state index in [1.54, 1.807) is 0 Å². The normalized spacial score (nSPS) is 15.4. The fourth-order valence-electron chi connectivity index (χ4n) is 3.68. The number of aryl methyl sites for hydroxylation is 2. The largest absolute Gasteiger partial charge is 0.479 e. The van der Waals surface area contributed by atoms with Crippen molar-refractivity contribution in [1.29, 1.82) is 0 Å². The van der Waals surface area contributed by atoms with Crippen LogP contribution in [0.1, 0.15) is 48.6 Å². The monoisotopic (exact) mass is 379 g/mol. The molecule has 0 saturated carbocycles. The van der Waals surface area contributed by atoms with Crippen molar-refractivity contribution < 1.29 is 14.6 Å². The molecule has 0 radical (unpaired) electrons. The van der Waals surface area contributed by atoms with Gasteiger partial charge in [-0.15, -0.1) is 0 Å². The van der Waals surface area contributed by atoms with Crippen LogP contribution < -0.4 is 0 Å². The molecule has 2 aromatic carbocycles. The van der Waals surface area contributed by atoms with Crippen LogP contribution in [0.5, 0.6) is 0 Å². The van der Waals surface area contributed by atoms with Gasteiger partial charge in [0.05, 0.1) is 11.3 Å². The summed E-state index contributed by atoms with van der Waals surface area (Å²) in [6.45, 7) is 10.5. The second-order valence-corrected chi connectivity index (χ2v) is 8.52. The molecule has 4 heteroatoms. The minimum Gasteiger partial charge on any atom is -0.479 e. The number of hydrogen-bond donors (Lipinski definition) is 1. The Hall–Kier alpha value is -2.59. The van der Waals surface area contributed by atoms with Gasteiger partial charge in [0.25, 0.3) is 0 Å². The first-order valence-corrected chi connectivity index (χ1v) is 9.60. The van der Waals surface area contributed by atoms with Gasteiger partial charge in [-0.05, 0) is 62.4 Å². The first-order chi connectivity index (χ1) is 13.1. The Balaban J connectivity index is 2.31. The number of benzene rings is 2. The Morgan fingerprint density at radius 2 is 1.79 bits per heavy atom. The van der Waals surface area contributed by atoms with Crippen molar-refractivity contribution in [2.45, 2.75) is 52.9 Å². The van der Waals surface area contributed by atoms with Gasteiger partial charge in [0.15, 0.2) is 6.10 Å². The first kappa shape index (κ1) is 20.2. The maximum absolute atomic E-state index is 12.2. The van der Waals surface area contributed by atoms with Gasteiger partial charge < -0.3 is 14.7 Å². The maximum Gasteiger partial charge on any atom is 0.339 e. The molecule has 3 rings (SSSR count). The molecular formula is C24H29NO3. The molecule has 1 N–H and O–H groups in total. The van der Waals surface area contributed by atoms with Gasteiger partial charge in [-0.1, -0.05) is 42.5 Å². The number of fused-ring (bicyclic) bond motifs is 1. The van der Waals surface area contributed by atoms with Crippen molar-refractivity contribution in [3.63, 3.8) is 0 Å². The number of nitrogens with zero attached hydrogens (tertiary/aromatic N) is 1. The summed E-state index contributed by atoms with van der Waals surface area (Å²) in [5, 5.41) is 10.0. The lowest BCUT2D eigenvalue weighted by Crippen LogP contribution is -2.41. The van der Waals surface area contributed by atoms with Crippen LogP contribution in [0.2, 0.25) is 0 Å². The topological polar surface area (TPSA) is 49.8 Å². The Labute approximate surface area is 167 Å². The summed E-state index contributed by atoms with van der Waals surface area (Å²) in [6.07, 6.45) is -1.05. The van der Waals surface area contributed by atoms with Gasteiger partial charge in [0.2, 0.25) is 0 Å². The molecule has 148 valence electrons. The number of rotatable bonds is 4. The van der Waals surface area contributed by atoms with Crippen LogP contribution in [0.4, 0.5) is 0 Å². The second kappa shape index (κ2) is 7.44. The second-order valence-electron chi connectivity index (χ2n) is 8.52. The summed E-state index contributed by atoms with van der Waals surface area (Å²) < 4.78 is 6.03. The highest BCUT2D eigenvalue weighted by Gasteiger charge is 2.36. The Morgan fingerprint density at radius 1 is 1.11 bits per heavy atom. The van der Waals surface area contributed by atoms with E-state index in [-0.39, 0.29) is 0 Å². The Kier molecular flexibility index (Phi) is 5.35. The van der Waals surface area contributed by atoms with E-state index in [0.717, 1.165) is 16.7 Å². The molecule has 0 spiro atoms. The molecule has 1 aliphatic heterocycles. The van der Waals surface area contributed by atoms with E-state index in [2.05, 4.69) is 44.2 Å². The van der Waals surface area contributed by atoms with Crippen LogP contribution in [-0.4, -0.2) is 34.7 Å². The third kappa shape index (κ3) is 3.97. The van der Waals surface area contributed by atoms with E-state index in [1.165, 1.54) is 16.7 Å². The van der Waals surface area contributed by atoms with Crippen molar-refractivity contribution in [2.24, 2.45) is 0 Å². The van der Waals surface area contributed by atoms with Crippen molar-refractivity contribution in [1.82, 2.24) is 4.90 Å². The molecule has 4 nitrogen and oxygen atoms in total. The Bertz CT molecular complexity index is 937. The van der Waals surface area contributed by atoms with E-state index in [1.807, 2.05) is 44.9 Å². The molecule has 28 heavy (non-hydrogen) atoms. The van der Waals surface area contributed by atoms with Gasteiger partial charge in [-0.2, -0.15) is 0 Å². The third-order valence-corrected chi connectivity index (χ3v) is 5.10. The summed E-state index contributed by atoms with van der Waals surface area (Å²) in [6, 6.07) is 14.5. The molecule has 1 heterocycles. The fourth-order valence-corrected chi connectivity index (χ4v) is 3.68. The number of ether oxygens (including phenoxy) is 1. The lowest BCUT2D eigenvalue weighted by molar-refractivity contribution is -0.157. The van der Waals surface area contributed by atoms with Crippen molar-refractivity contribution in [3.05, 3.63) is 76.0 Å². The SMILES string of the molecule is Cc1ccc(C2=C(C(OC(C)(C)C)C(=O)O)N(C)Cc3ccccc32)cc1C. The molecule has 0 saturated heterocycles. The van der Waals surface area contributed by atoms with Crippen LogP contribution in [0.3, 0.4) is 0 Å². The molecule has 1 unspecified atom stereocenters. The van der Waals surface area contributed by atoms with Crippen LogP contribution >= 0.6 is 0 Å². The molecular weight excluding hydrogens is 350 g/mol. The zero-order valence-electron chi connectivity index (χ0n) is 17.5. The van der Waals surface area contributed by atoms with E-state index in [4.69, 9.17) is 4.74 Å². The maximum atomic E-state index is 12.2. The molecule has 2 aromatic rings. The number of hydrogen-bond acceptors (Lipinski definition) is 3. The summed E-state index contributed by atoms with van der Waals surface area (Å²) >= 11 is 0. The highest BCUT2D eigenvalue weighted by atomic mass is 16.5. The van der Waals surface area contributed by atoms with Gasteiger partial charge in [-0.25, -0.2) is 4.79 Å². The predicted octanol–water partition coefficient (Wildman–Crippen LogP) is 4.78. The smallest absolute Gasteiger partial charge is 0.339 e. The number of carboxylic acids is 1. The van der Waals surface area contributed by atoms with Gasteiger partial charge in [0, 0.05) is 19.2 Å². The van der Waals surface area contributed by atoms with Gasteiger partial charge in [-0.3, -0.25) is 0 Å². The highest BCUT2D eigenvalue weighted by molar-refractivity contribution is 5.90. The van der Waals surface area contributed by atoms with E-state index in [9.17, 15) is 9.90 Å². The zero-order chi connectivity index (χ0) is 20.6. The third-order valence-electron chi connectivity index (χ3n) is 5.10. The summed E-state index contributed by atoms with van der Waals surface area (Å²) in [7, 11) is 1.94. The minimum absolute atomic E-state index is 0.581. The Morgan fingerprint density at radius 3 is 2.39 bits per heavy atom. The predicted molar refractivity (Wildman–Crippen MR) is 112 cm³/mol. The average Bonchev–Trinajstić information content (AvgIpc) is 2.60. The van der Waals surface area contributed by atoms with Crippen molar-refractivity contribution in [3.8, 4) is 0 Å². The standard InChI is InChI=1S/C24H29NO3/c1-15-11-12-17(13-16(15)2)20-19-10-8-7-9-18(19)14-25(6)21(20)22(23(26)27)28-24(3,4)5/h7-13,22H,14H2,1-6H3,(H,26,27). The van der Waals surface area contributed by atoms with Crippen LogP contribution in [0.25, 0.3) is 5.57 Å². The quantitative estimate of drug-likeness (QED) is 0.831. The van der Waals surface area contributed by atoms with E-state index in [0.29, 0.717) is 12.2 Å². The molecule has 0 aromatic heterocycles. The number of likely N-dealkylation sites (N-methyl/N-ethyl adjacent to an activating group) is 1.